The normalized spacial score (nSPS) is 19.6. The summed E-state index contributed by atoms with van der Waals surface area (Å²) in [5.74, 6) is -0.0163. The van der Waals surface area contributed by atoms with Crippen molar-refractivity contribution in [3.05, 3.63) is 71.5 Å². The van der Waals surface area contributed by atoms with Gasteiger partial charge in [0.15, 0.2) is 5.54 Å². The van der Waals surface area contributed by atoms with Crippen molar-refractivity contribution in [1.29, 1.82) is 0 Å². The fourth-order valence-corrected chi connectivity index (χ4v) is 4.60. The minimum absolute atomic E-state index is 0.374. The molecule has 1 atom stereocenters. The van der Waals surface area contributed by atoms with E-state index in [1.807, 2.05) is 24.4 Å². The molecule has 0 spiro atoms. The van der Waals surface area contributed by atoms with Gasteiger partial charge in [0.1, 0.15) is 0 Å². The standard InChI is InChI=1S/C22H22N2O2S/c1-14(2)18-10-19(23-12-18)11-22(21(25)26)13-27-20(24-22)17-8-7-15-5-3-4-6-16(15)9-17/h3-10,12,14,23H,11,13H2,1-2H3,(H,25,26). The monoisotopic (exact) mass is 378 g/mol. The summed E-state index contributed by atoms with van der Waals surface area (Å²) in [6.07, 6.45) is 2.34. The number of hydrogen-bond donors (Lipinski definition) is 2. The van der Waals surface area contributed by atoms with Crippen LogP contribution in [0.5, 0.6) is 0 Å². The molecule has 0 saturated carbocycles. The minimum atomic E-state index is -1.12. The first-order valence-electron chi connectivity index (χ1n) is 9.09. The highest BCUT2D eigenvalue weighted by Gasteiger charge is 2.43. The number of aromatic amines is 1. The lowest BCUT2D eigenvalue weighted by molar-refractivity contribution is -0.142. The van der Waals surface area contributed by atoms with E-state index < -0.39 is 11.5 Å². The number of fused-ring (bicyclic) bond motifs is 1. The summed E-state index contributed by atoms with van der Waals surface area (Å²) in [6, 6.07) is 16.4. The third-order valence-electron chi connectivity index (χ3n) is 5.07. The Kier molecular flexibility index (Phi) is 4.56. The number of hydrogen-bond acceptors (Lipinski definition) is 3. The molecule has 138 valence electrons. The molecule has 2 heterocycles. The van der Waals surface area contributed by atoms with Gasteiger partial charge in [-0.1, -0.05) is 50.2 Å². The fourth-order valence-electron chi connectivity index (χ4n) is 3.40. The first-order valence-corrected chi connectivity index (χ1v) is 10.1. The highest BCUT2D eigenvalue weighted by Crippen LogP contribution is 2.35. The second-order valence-electron chi connectivity index (χ2n) is 7.39. The Morgan fingerprint density at radius 1 is 1.22 bits per heavy atom. The number of carbonyl (C=O) groups is 1. The van der Waals surface area contributed by atoms with Gasteiger partial charge in [-0.2, -0.15) is 0 Å². The lowest BCUT2D eigenvalue weighted by Gasteiger charge is -2.19. The van der Waals surface area contributed by atoms with E-state index in [0.29, 0.717) is 18.1 Å². The van der Waals surface area contributed by atoms with Crippen molar-refractivity contribution < 1.29 is 9.90 Å². The maximum Gasteiger partial charge on any atom is 0.332 e. The van der Waals surface area contributed by atoms with Crippen molar-refractivity contribution in [2.45, 2.75) is 31.7 Å². The van der Waals surface area contributed by atoms with Gasteiger partial charge in [0, 0.05) is 29.6 Å². The molecule has 1 aliphatic heterocycles. The molecule has 2 aromatic carbocycles. The van der Waals surface area contributed by atoms with Crippen molar-refractivity contribution in [3.63, 3.8) is 0 Å². The molecule has 4 nitrogen and oxygen atoms in total. The van der Waals surface area contributed by atoms with Crippen LogP contribution in [0.15, 0.2) is 59.7 Å². The van der Waals surface area contributed by atoms with E-state index in [4.69, 9.17) is 4.99 Å². The molecule has 0 fully saturated rings. The molecule has 1 aromatic heterocycles. The second-order valence-corrected chi connectivity index (χ2v) is 8.36. The number of aromatic nitrogens is 1. The van der Waals surface area contributed by atoms with Crippen LogP contribution in [0.2, 0.25) is 0 Å². The summed E-state index contributed by atoms with van der Waals surface area (Å²) < 4.78 is 0. The Labute approximate surface area is 162 Å². The van der Waals surface area contributed by atoms with Gasteiger partial charge in [-0.25, -0.2) is 4.79 Å². The lowest BCUT2D eigenvalue weighted by Crippen LogP contribution is -2.39. The van der Waals surface area contributed by atoms with Crippen LogP contribution < -0.4 is 0 Å². The van der Waals surface area contributed by atoms with Crippen LogP contribution in [0.3, 0.4) is 0 Å². The first kappa shape index (κ1) is 17.9. The van der Waals surface area contributed by atoms with Gasteiger partial charge in [-0.15, -0.1) is 11.8 Å². The molecule has 3 aromatic rings. The molecule has 2 N–H and O–H groups in total. The molecule has 0 saturated heterocycles. The molecule has 0 bridgehead atoms. The summed E-state index contributed by atoms with van der Waals surface area (Å²) in [4.78, 5) is 20.1. The molecule has 1 aliphatic rings. The Hall–Kier alpha value is -2.53. The van der Waals surface area contributed by atoms with Gasteiger partial charge in [0.2, 0.25) is 0 Å². The molecular weight excluding hydrogens is 356 g/mol. The Morgan fingerprint density at radius 2 is 2.00 bits per heavy atom. The van der Waals surface area contributed by atoms with Gasteiger partial charge >= 0.3 is 5.97 Å². The number of rotatable bonds is 5. The zero-order chi connectivity index (χ0) is 19.0. The maximum atomic E-state index is 12.1. The summed E-state index contributed by atoms with van der Waals surface area (Å²) in [5.41, 5.74) is 1.97. The molecule has 0 amide bonds. The van der Waals surface area contributed by atoms with Gasteiger partial charge < -0.3 is 10.1 Å². The van der Waals surface area contributed by atoms with E-state index in [1.165, 1.54) is 22.7 Å². The van der Waals surface area contributed by atoms with Gasteiger partial charge in [0.25, 0.3) is 0 Å². The summed E-state index contributed by atoms with van der Waals surface area (Å²) in [5, 5.41) is 13.1. The number of aliphatic imine (C=N–C) groups is 1. The predicted molar refractivity (Wildman–Crippen MR) is 112 cm³/mol. The van der Waals surface area contributed by atoms with Crippen molar-refractivity contribution in [2.75, 3.05) is 5.75 Å². The van der Waals surface area contributed by atoms with Gasteiger partial charge in [0.05, 0.1) is 5.04 Å². The van der Waals surface area contributed by atoms with Gasteiger partial charge in [-0.3, -0.25) is 4.99 Å². The van der Waals surface area contributed by atoms with E-state index >= 15 is 0 Å². The number of carboxylic acids is 1. The zero-order valence-corrected chi connectivity index (χ0v) is 16.2. The number of benzene rings is 2. The number of carboxylic acid groups (broad SMARTS) is 1. The van der Waals surface area contributed by atoms with E-state index in [-0.39, 0.29) is 0 Å². The molecule has 27 heavy (non-hydrogen) atoms. The predicted octanol–water partition coefficient (Wildman–Crippen LogP) is 4.85. The number of H-pyrrole nitrogens is 1. The largest absolute Gasteiger partial charge is 0.479 e. The number of thioether (sulfide) groups is 1. The molecule has 4 rings (SSSR count). The van der Waals surface area contributed by atoms with E-state index in [1.54, 1.807) is 0 Å². The van der Waals surface area contributed by atoms with Crippen LogP contribution in [0, 0.1) is 0 Å². The minimum Gasteiger partial charge on any atom is -0.479 e. The van der Waals surface area contributed by atoms with E-state index in [0.717, 1.165) is 21.7 Å². The summed E-state index contributed by atoms with van der Waals surface area (Å²) in [7, 11) is 0. The third-order valence-corrected chi connectivity index (χ3v) is 6.29. The van der Waals surface area contributed by atoms with Crippen molar-refractivity contribution in [3.8, 4) is 0 Å². The molecule has 1 unspecified atom stereocenters. The highest BCUT2D eigenvalue weighted by molar-refractivity contribution is 8.14. The van der Waals surface area contributed by atoms with E-state index in [9.17, 15) is 9.90 Å². The van der Waals surface area contributed by atoms with Gasteiger partial charge in [-0.05, 0) is 34.4 Å². The van der Waals surface area contributed by atoms with Crippen molar-refractivity contribution in [2.24, 2.45) is 4.99 Å². The quantitative estimate of drug-likeness (QED) is 0.667. The van der Waals surface area contributed by atoms with Crippen molar-refractivity contribution in [1.82, 2.24) is 4.98 Å². The molecule has 0 radical (unpaired) electrons. The number of nitrogens with one attached hydrogen (secondary N) is 1. The Morgan fingerprint density at radius 3 is 2.70 bits per heavy atom. The molecule has 5 heteroatoms. The third kappa shape index (κ3) is 3.39. The second kappa shape index (κ2) is 6.89. The number of aliphatic carboxylic acids is 1. The van der Waals surface area contributed by atoms with Crippen LogP contribution in [0.4, 0.5) is 0 Å². The summed E-state index contributed by atoms with van der Waals surface area (Å²) in [6.45, 7) is 4.25. The first-order chi connectivity index (χ1) is 13.0. The average Bonchev–Trinajstić information content (AvgIpc) is 3.30. The Balaban J connectivity index is 1.67. The average molecular weight is 378 g/mol. The van der Waals surface area contributed by atoms with E-state index in [2.05, 4.69) is 49.2 Å². The van der Waals surface area contributed by atoms with Crippen molar-refractivity contribution >= 4 is 33.5 Å². The fraction of sp³-hybridized carbons (Fsp3) is 0.273. The maximum absolute atomic E-state index is 12.1. The topological polar surface area (TPSA) is 65.5 Å². The van der Waals surface area contributed by atoms with Crippen LogP contribution in [0.1, 0.15) is 36.6 Å². The SMILES string of the molecule is CC(C)c1c[nH]c(CC2(C(=O)O)CSC(c3ccc4ccccc4c3)=N2)c1. The van der Waals surface area contributed by atoms with Crippen LogP contribution in [-0.2, 0) is 11.2 Å². The summed E-state index contributed by atoms with van der Waals surface area (Å²) >= 11 is 1.53. The number of nitrogens with zero attached hydrogens (tertiary/aromatic N) is 1. The van der Waals surface area contributed by atoms with Crippen LogP contribution in [-0.4, -0.2) is 32.4 Å². The molecule has 0 aliphatic carbocycles. The highest BCUT2D eigenvalue weighted by atomic mass is 32.2. The lowest BCUT2D eigenvalue weighted by atomic mass is 9.95. The zero-order valence-electron chi connectivity index (χ0n) is 15.4. The Bertz CT molecular complexity index is 1040. The van der Waals surface area contributed by atoms with Crippen LogP contribution in [0.25, 0.3) is 10.8 Å². The smallest absolute Gasteiger partial charge is 0.332 e. The molecular formula is C22H22N2O2S. The van der Waals surface area contributed by atoms with Crippen LogP contribution >= 0.6 is 11.8 Å².